The molecule has 0 aliphatic carbocycles. The predicted molar refractivity (Wildman–Crippen MR) is 60.7 cm³/mol. The fourth-order valence-electron chi connectivity index (χ4n) is 1.53. The molecule has 5 heteroatoms. The van der Waals surface area contributed by atoms with Crippen LogP contribution in [0.4, 0.5) is 0 Å². The van der Waals surface area contributed by atoms with Crippen molar-refractivity contribution in [3.8, 4) is 0 Å². The first-order chi connectivity index (χ1) is 7.00. The fraction of sp³-hybridized carbons (Fsp3) is 1.00. The van der Waals surface area contributed by atoms with Crippen molar-refractivity contribution in [1.29, 1.82) is 0 Å². The van der Waals surface area contributed by atoms with E-state index in [-0.39, 0.29) is 22.4 Å². The molecule has 0 atom stereocenters. The zero-order chi connectivity index (χ0) is 9.90. The second-order valence-electron chi connectivity index (χ2n) is 3.71. The first-order valence-electron chi connectivity index (χ1n) is 5.83. The largest absolute Gasteiger partial charge is 0.315 e. The summed E-state index contributed by atoms with van der Waals surface area (Å²) in [5.74, 6) is 0. The maximum atomic E-state index is 3.42. The standard InChI is InChI=1S/C10H24N4.Au/c1-3-11-7-9-13-5-2-6-14-10-8-12-4-1;/h11-14H,1-10H2;. The molecule has 0 unspecified atom stereocenters. The molecule has 1 aliphatic heterocycles. The van der Waals surface area contributed by atoms with E-state index in [2.05, 4.69) is 21.3 Å². The minimum Gasteiger partial charge on any atom is -0.315 e. The van der Waals surface area contributed by atoms with Crippen LogP contribution < -0.4 is 21.3 Å². The van der Waals surface area contributed by atoms with Crippen molar-refractivity contribution in [2.45, 2.75) is 12.8 Å². The third kappa shape index (κ3) is 10.9. The van der Waals surface area contributed by atoms with Crippen LogP contribution in [0, 0.1) is 0 Å². The maximum Gasteiger partial charge on any atom is 0.00767 e. The fourth-order valence-corrected chi connectivity index (χ4v) is 1.53. The van der Waals surface area contributed by atoms with E-state index < -0.39 is 0 Å². The molecule has 0 aromatic heterocycles. The van der Waals surface area contributed by atoms with E-state index in [0.29, 0.717) is 0 Å². The summed E-state index contributed by atoms with van der Waals surface area (Å²) in [5, 5.41) is 13.7. The Hall–Kier alpha value is 0.580. The summed E-state index contributed by atoms with van der Waals surface area (Å²) >= 11 is 0. The molecule has 0 spiro atoms. The van der Waals surface area contributed by atoms with E-state index >= 15 is 0 Å². The molecule has 1 rings (SSSR count). The van der Waals surface area contributed by atoms with Gasteiger partial charge in [-0.2, -0.15) is 0 Å². The van der Waals surface area contributed by atoms with Crippen LogP contribution in [0.15, 0.2) is 0 Å². The molecular weight excluding hydrogens is 373 g/mol. The summed E-state index contributed by atoms with van der Waals surface area (Å²) in [4.78, 5) is 0. The van der Waals surface area contributed by atoms with Crippen molar-refractivity contribution in [3.63, 3.8) is 0 Å². The maximum absolute atomic E-state index is 3.42. The predicted octanol–water partition coefficient (Wildman–Crippen LogP) is -0.864. The van der Waals surface area contributed by atoms with Crippen LogP contribution in [0.5, 0.6) is 0 Å². The van der Waals surface area contributed by atoms with Gasteiger partial charge in [-0.15, -0.1) is 0 Å². The van der Waals surface area contributed by atoms with E-state index in [1.54, 1.807) is 0 Å². The quantitative estimate of drug-likeness (QED) is 0.402. The molecule has 1 radical (unpaired) electrons. The van der Waals surface area contributed by atoms with E-state index in [0.717, 1.165) is 52.4 Å². The zero-order valence-corrected chi connectivity index (χ0v) is 11.5. The third-order valence-electron chi connectivity index (χ3n) is 2.37. The molecular formula is C10H24AuN4. The molecule has 0 aromatic rings. The van der Waals surface area contributed by atoms with E-state index in [4.69, 9.17) is 0 Å². The Balaban J connectivity index is 0.00000196. The average molecular weight is 397 g/mol. The number of hydrogen-bond donors (Lipinski definition) is 4. The first kappa shape index (κ1) is 15.6. The van der Waals surface area contributed by atoms with Gasteiger partial charge in [-0.05, 0) is 39.0 Å². The molecule has 0 saturated carbocycles. The smallest absolute Gasteiger partial charge is 0.00767 e. The van der Waals surface area contributed by atoms with Gasteiger partial charge in [0, 0.05) is 48.6 Å². The van der Waals surface area contributed by atoms with Gasteiger partial charge >= 0.3 is 0 Å². The summed E-state index contributed by atoms with van der Waals surface area (Å²) in [7, 11) is 0. The average Bonchev–Trinajstić information content (AvgIpc) is 2.22. The zero-order valence-electron chi connectivity index (χ0n) is 9.37. The molecule has 0 bridgehead atoms. The van der Waals surface area contributed by atoms with Crippen LogP contribution in [0.2, 0.25) is 0 Å². The van der Waals surface area contributed by atoms with Crippen molar-refractivity contribution in [2.75, 3.05) is 52.4 Å². The second kappa shape index (κ2) is 12.6. The van der Waals surface area contributed by atoms with Crippen molar-refractivity contribution in [3.05, 3.63) is 0 Å². The van der Waals surface area contributed by atoms with Crippen molar-refractivity contribution in [1.82, 2.24) is 21.3 Å². The van der Waals surface area contributed by atoms with Crippen molar-refractivity contribution in [2.24, 2.45) is 0 Å². The van der Waals surface area contributed by atoms with Crippen molar-refractivity contribution < 1.29 is 22.4 Å². The van der Waals surface area contributed by atoms with Gasteiger partial charge < -0.3 is 21.3 Å². The second-order valence-corrected chi connectivity index (χ2v) is 3.71. The summed E-state index contributed by atoms with van der Waals surface area (Å²) in [5.41, 5.74) is 0. The summed E-state index contributed by atoms with van der Waals surface area (Å²) < 4.78 is 0. The Morgan fingerprint density at radius 3 is 0.933 bits per heavy atom. The Morgan fingerprint density at radius 2 is 0.667 bits per heavy atom. The molecule has 4 nitrogen and oxygen atoms in total. The van der Waals surface area contributed by atoms with Crippen LogP contribution >= 0.6 is 0 Å². The third-order valence-corrected chi connectivity index (χ3v) is 2.37. The van der Waals surface area contributed by atoms with Crippen LogP contribution in [0.25, 0.3) is 0 Å². The van der Waals surface area contributed by atoms with Gasteiger partial charge in [0.15, 0.2) is 0 Å². The molecule has 1 fully saturated rings. The van der Waals surface area contributed by atoms with Gasteiger partial charge in [0.2, 0.25) is 0 Å². The van der Waals surface area contributed by atoms with Crippen molar-refractivity contribution >= 4 is 0 Å². The van der Waals surface area contributed by atoms with E-state index in [1.807, 2.05) is 0 Å². The minimum atomic E-state index is 0. The number of nitrogens with one attached hydrogen (secondary N) is 4. The van der Waals surface area contributed by atoms with Crippen LogP contribution in [-0.4, -0.2) is 52.4 Å². The van der Waals surface area contributed by atoms with Gasteiger partial charge in [0.25, 0.3) is 0 Å². The Morgan fingerprint density at radius 1 is 0.400 bits per heavy atom. The Labute approximate surface area is 109 Å². The minimum absolute atomic E-state index is 0. The molecule has 95 valence electrons. The Bertz CT molecular complexity index is 70.7. The van der Waals surface area contributed by atoms with Gasteiger partial charge in [-0.25, -0.2) is 0 Å². The monoisotopic (exact) mass is 397 g/mol. The van der Waals surface area contributed by atoms with Gasteiger partial charge in [-0.1, -0.05) is 0 Å². The molecule has 4 N–H and O–H groups in total. The van der Waals surface area contributed by atoms with Gasteiger partial charge in [0.05, 0.1) is 0 Å². The number of rotatable bonds is 0. The van der Waals surface area contributed by atoms with Gasteiger partial charge in [-0.3, -0.25) is 0 Å². The van der Waals surface area contributed by atoms with Crippen LogP contribution in [0.3, 0.4) is 0 Å². The molecule has 15 heavy (non-hydrogen) atoms. The van der Waals surface area contributed by atoms with Crippen LogP contribution in [0.1, 0.15) is 12.8 Å². The molecule has 1 heterocycles. The van der Waals surface area contributed by atoms with E-state index in [1.165, 1.54) is 12.8 Å². The SMILES string of the molecule is C1CNCCNCCCNCCNC1.[Au]. The summed E-state index contributed by atoms with van der Waals surface area (Å²) in [6.45, 7) is 8.87. The Kier molecular flexibility index (Phi) is 13.1. The van der Waals surface area contributed by atoms with Crippen LogP contribution in [-0.2, 0) is 22.4 Å². The number of hydrogen-bond acceptors (Lipinski definition) is 4. The summed E-state index contributed by atoms with van der Waals surface area (Å²) in [6.07, 6.45) is 2.44. The summed E-state index contributed by atoms with van der Waals surface area (Å²) in [6, 6.07) is 0. The van der Waals surface area contributed by atoms with Gasteiger partial charge in [0.1, 0.15) is 0 Å². The molecule has 1 aliphatic rings. The molecule has 0 aromatic carbocycles. The first-order valence-corrected chi connectivity index (χ1v) is 5.83. The molecule has 1 saturated heterocycles. The topological polar surface area (TPSA) is 48.1 Å². The van der Waals surface area contributed by atoms with E-state index in [9.17, 15) is 0 Å². The molecule has 0 amide bonds. The normalized spacial score (nSPS) is 22.4.